The van der Waals surface area contributed by atoms with E-state index in [2.05, 4.69) is 46.4 Å². The third-order valence-corrected chi connectivity index (χ3v) is 7.36. The van der Waals surface area contributed by atoms with Gasteiger partial charge < -0.3 is 9.84 Å². The van der Waals surface area contributed by atoms with Gasteiger partial charge in [0.25, 0.3) is 0 Å². The molecule has 2 heteroatoms. The number of ether oxygens (including phenoxy) is 1. The fraction of sp³-hybridized carbons (Fsp3) is 0.680. The van der Waals surface area contributed by atoms with Gasteiger partial charge in [-0.25, -0.2) is 0 Å². The third-order valence-electron chi connectivity index (χ3n) is 7.36. The van der Waals surface area contributed by atoms with E-state index in [1.165, 1.54) is 48.8 Å². The average molecular weight is 371 g/mol. The lowest BCUT2D eigenvalue weighted by molar-refractivity contribution is 0.142. The van der Waals surface area contributed by atoms with Crippen molar-refractivity contribution in [3.05, 3.63) is 46.8 Å². The molecule has 150 valence electrons. The standard InChI is InChI=1S/C25H38O2/c1-6-27-19(5)18(4)23-12-13-24-20(8-7-9-25(23)24)10-11-21-15-22(26)14-16(2)17(21)3/h10-11,16,22-26H,3,6-9,12-15H2,1-2,4-5H3/b19-18-,20-10+,21-11-. The minimum Gasteiger partial charge on any atom is -0.499 e. The molecule has 0 aromatic carbocycles. The molecular weight excluding hydrogens is 332 g/mol. The lowest BCUT2D eigenvalue weighted by Gasteiger charge is -2.33. The van der Waals surface area contributed by atoms with Crippen molar-refractivity contribution in [2.45, 2.75) is 78.7 Å². The van der Waals surface area contributed by atoms with Crippen molar-refractivity contribution in [3.8, 4) is 0 Å². The Labute approximate surface area is 166 Å². The highest BCUT2D eigenvalue weighted by atomic mass is 16.5. The molecule has 1 N–H and O–H groups in total. The quantitative estimate of drug-likeness (QED) is 0.585. The third kappa shape index (κ3) is 4.42. The van der Waals surface area contributed by atoms with Crippen LogP contribution in [0.15, 0.2) is 46.8 Å². The van der Waals surface area contributed by atoms with Crippen LogP contribution in [-0.4, -0.2) is 17.8 Å². The van der Waals surface area contributed by atoms with Crippen LogP contribution in [0.2, 0.25) is 0 Å². The molecule has 0 aromatic heterocycles. The molecule has 5 unspecified atom stereocenters. The van der Waals surface area contributed by atoms with Crippen LogP contribution in [-0.2, 0) is 4.74 Å². The van der Waals surface area contributed by atoms with Crippen LogP contribution in [0.3, 0.4) is 0 Å². The summed E-state index contributed by atoms with van der Waals surface area (Å²) in [7, 11) is 0. The maximum atomic E-state index is 10.1. The van der Waals surface area contributed by atoms with Crippen LogP contribution in [0.4, 0.5) is 0 Å². The average Bonchev–Trinajstić information content (AvgIpc) is 3.07. The topological polar surface area (TPSA) is 29.5 Å². The lowest BCUT2D eigenvalue weighted by atomic mass is 9.73. The van der Waals surface area contributed by atoms with Crippen molar-refractivity contribution in [1.82, 2.24) is 0 Å². The highest BCUT2D eigenvalue weighted by Crippen LogP contribution is 2.51. The first-order valence-corrected chi connectivity index (χ1v) is 11.0. The van der Waals surface area contributed by atoms with E-state index in [1.807, 2.05) is 0 Å². The van der Waals surface area contributed by atoms with Gasteiger partial charge >= 0.3 is 0 Å². The Morgan fingerprint density at radius 1 is 1.22 bits per heavy atom. The molecule has 5 atom stereocenters. The van der Waals surface area contributed by atoms with Gasteiger partial charge in [0.2, 0.25) is 0 Å². The monoisotopic (exact) mass is 370 g/mol. The first-order valence-electron chi connectivity index (χ1n) is 11.0. The minimum absolute atomic E-state index is 0.209. The summed E-state index contributed by atoms with van der Waals surface area (Å²) in [5.41, 5.74) is 5.58. The predicted molar refractivity (Wildman–Crippen MR) is 113 cm³/mol. The number of aliphatic hydroxyl groups is 1. The molecule has 27 heavy (non-hydrogen) atoms. The summed E-state index contributed by atoms with van der Waals surface area (Å²) in [4.78, 5) is 0. The van der Waals surface area contributed by atoms with Crippen molar-refractivity contribution in [2.75, 3.05) is 6.61 Å². The van der Waals surface area contributed by atoms with E-state index < -0.39 is 0 Å². The van der Waals surface area contributed by atoms with E-state index in [4.69, 9.17) is 4.74 Å². The largest absolute Gasteiger partial charge is 0.499 e. The molecular formula is C25H38O2. The van der Waals surface area contributed by atoms with E-state index in [1.54, 1.807) is 5.57 Å². The summed E-state index contributed by atoms with van der Waals surface area (Å²) in [6.45, 7) is 13.7. The normalized spacial score (nSPS) is 38.1. The molecule has 3 aliphatic rings. The Morgan fingerprint density at radius 3 is 2.74 bits per heavy atom. The van der Waals surface area contributed by atoms with E-state index in [0.717, 1.165) is 37.0 Å². The Kier molecular flexibility index (Phi) is 6.68. The summed E-state index contributed by atoms with van der Waals surface area (Å²) < 4.78 is 5.80. The van der Waals surface area contributed by atoms with Gasteiger partial charge in [0.15, 0.2) is 0 Å². The van der Waals surface area contributed by atoms with E-state index >= 15 is 0 Å². The van der Waals surface area contributed by atoms with Crippen molar-refractivity contribution in [3.63, 3.8) is 0 Å². The van der Waals surface area contributed by atoms with Crippen LogP contribution < -0.4 is 0 Å². The molecule has 0 aromatic rings. The van der Waals surface area contributed by atoms with Gasteiger partial charge in [0, 0.05) is 0 Å². The van der Waals surface area contributed by atoms with Gasteiger partial charge in [-0.15, -0.1) is 0 Å². The second-order valence-electron chi connectivity index (χ2n) is 8.97. The maximum Gasteiger partial charge on any atom is 0.0920 e. The highest BCUT2D eigenvalue weighted by Gasteiger charge is 2.40. The molecule has 3 fully saturated rings. The Hall–Kier alpha value is -1.28. The van der Waals surface area contributed by atoms with Gasteiger partial charge in [-0.2, -0.15) is 0 Å². The van der Waals surface area contributed by atoms with Gasteiger partial charge in [0.05, 0.1) is 18.5 Å². The number of hydrogen-bond acceptors (Lipinski definition) is 2. The SMILES string of the molecule is C=C1/C(=C\C=C2/CCCC3C(/C(C)=C(/C)OCC)CCC23)CC(O)CC1C. The lowest BCUT2D eigenvalue weighted by Crippen LogP contribution is -2.23. The summed E-state index contributed by atoms with van der Waals surface area (Å²) in [6.07, 6.45) is 12.6. The van der Waals surface area contributed by atoms with Crippen LogP contribution >= 0.6 is 0 Å². The van der Waals surface area contributed by atoms with E-state index in [9.17, 15) is 5.11 Å². The van der Waals surface area contributed by atoms with Gasteiger partial charge in [-0.3, -0.25) is 0 Å². The minimum atomic E-state index is -0.209. The number of aliphatic hydroxyl groups excluding tert-OH is 1. The number of fused-ring (bicyclic) bond motifs is 1. The molecule has 0 aliphatic heterocycles. The number of allylic oxidation sites excluding steroid dienone is 6. The Bertz CT molecular complexity index is 651. The van der Waals surface area contributed by atoms with Crippen molar-refractivity contribution < 1.29 is 9.84 Å². The molecule has 0 saturated heterocycles. The fourth-order valence-corrected chi connectivity index (χ4v) is 5.71. The van der Waals surface area contributed by atoms with E-state index in [-0.39, 0.29) is 6.10 Å². The molecule has 0 radical (unpaired) electrons. The van der Waals surface area contributed by atoms with Gasteiger partial charge in [-0.05, 0) is 106 Å². The summed E-state index contributed by atoms with van der Waals surface area (Å²) in [5, 5.41) is 10.1. The molecule has 3 rings (SSSR count). The van der Waals surface area contributed by atoms with Gasteiger partial charge in [0.1, 0.15) is 0 Å². The first-order chi connectivity index (χ1) is 12.9. The molecule has 3 aliphatic carbocycles. The Morgan fingerprint density at radius 2 is 2.00 bits per heavy atom. The fourth-order valence-electron chi connectivity index (χ4n) is 5.71. The van der Waals surface area contributed by atoms with Crippen molar-refractivity contribution in [2.24, 2.45) is 23.7 Å². The van der Waals surface area contributed by atoms with Crippen molar-refractivity contribution >= 4 is 0 Å². The summed E-state index contributed by atoms with van der Waals surface area (Å²) in [6, 6.07) is 0. The smallest absolute Gasteiger partial charge is 0.0920 e. The predicted octanol–water partition coefficient (Wildman–Crippen LogP) is 6.34. The molecule has 2 nitrogen and oxygen atoms in total. The number of rotatable bonds is 4. The molecule has 0 heterocycles. The molecule has 3 saturated carbocycles. The molecule has 0 amide bonds. The van der Waals surface area contributed by atoms with E-state index in [0.29, 0.717) is 11.8 Å². The van der Waals surface area contributed by atoms with Crippen molar-refractivity contribution in [1.29, 1.82) is 0 Å². The molecule has 0 bridgehead atoms. The second kappa shape index (κ2) is 8.82. The zero-order valence-electron chi connectivity index (χ0n) is 17.8. The highest BCUT2D eigenvalue weighted by molar-refractivity contribution is 5.37. The van der Waals surface area contributed by atoms with Crippen LogP contribution in [0, 0.1) is 23.7 Å². The van der Waals surface area contributed by atoms with Crippen LogP contribution in [0.1, 0.15) is 72.6 Å². The zero-order chi connectivity index (χ0) is 19.6. The summed E-state index contributed by atoms with van der Waals surface area (Å²) in [5.74, 6) is 3.72. The zero-order valence-corrected chi connectivity index (χ0v) is 17.8. The first kappa shape index (κ1) is 20.5. The second-order valence-corrected chi connectivity index (χ2v) is 8.97. The van der Waals surface area contributed by atoms with Crippen LogP contribution in [0.25, 0.3) is 0 Å². The van der Waals surface area contributed by atoms with Crippen LogP contribution in [0.5, 0.6) is 0 Å². The number of hydrogen-bond donors (Lipinski definition) is 1. The maximum absolute atomic E-state index is 10.1. The summed E-state index contributed by atoms with van der Waals surface area (Å²) >= 11 is 0. The Balaban J connectivity index is 1.77. The van der Waals surface area contributed by atoms with Gasteiger partial charge in [-0.1, -0.05) is 31.2 Å². The molecule has 0 spiro atoms.